The van der Waals surface area contributed by atoms with Gasteiger partial charge in [-0.05, 0) is 96.3 Å². The largest absolute Gasteiger partial charge is 0.466 e. The van der Waals surface area contributed by atoms with E-state index in [0.717, 1.165) is 89.9 Å². The van der Waals surface area contributed by atoms with Gasteiger partial charge in [0.25, 0.3) is 0 Å². The third kappa shape index (κ3) is 39.8. The van der Waals surface area contributed by atoms with Crippen molar-refractivity contribution in [2.75, 3.05) is 19.8 Å². The molecule has 11 heteroatoms. The Kier molecular flexibility index (Phi) is 47.3. The zero-order valence-corrected chi connectivity index (χ0v) is 45.9. The highest BCUT2D eigenvalue weighted by Crippen LogP contribution is 2.23. The maximum atomic E-state index is 13.0. The molecule has 1 aliphatic rings. The molecule has 1 rings (SSSR count). The molecule has 0 aromatic carbocycles. The molecule has 7 unspecified atom stereocenters. The number of esters is 1. The molecular weight excluding hydrogens is 907 g/mol. The summed E-state index contributed by atoms with van der Waals surface area (Å²) in [4.78, 5) is 25.0. The molecule has 1 saturated heterocycles. The van der Waals surface area contributed by atoms with Crippen LogP contribution in [-0.4, -0.2) is 100 Å². The first kappa shape index (κ1) is 67.4. The number of aliphatic hydroxyl groups is 5. The monoisotopic (exact) mass is 1020 g/mol. The number of carbonyl (C=O) groups excluding carboxylic acids is 2. The third-order valence-corrected chi connectivity index (χ3v) is 13.6. The van der Waals surface area contributed by atoms with Crippen molar-refractivity contribution in [1.82, 2.24) is 5.32 Å². The van der Waals surface area contributed by atoms with Gasteiger partial charge in [0, 0.05) is 12.8 Å². The van der Waals surface area contributed by atoms with Gasteiger partial charge in [0.05, 0.1) is 32.0 Å². The lowest BCUT2D eigenvalue weighted by Gasteiger charge is -2.40. The molecule has 6 N–H and O–H groups in total. The van der Waals surface area contributed by atoms with Crippen molar-refractivity contribution >= 4 is 11.9 Å². The second-order valence-corrected chi connectivity index (χ2v) is 20.3. The third-order valence-electron chi connectivity index (χ3n) is 13.6. The van der Waals surface area contributed by atoms with Crippen LogP contribution in [0.4, 0.5) is 0 Å². The lowest BCUT2D eigenvalue weighted by atomic mass is 9.99. The van der Waals surface area contributed by atoms with E-state index in [2.05, 4.69) is 67.8 Å². The smallest absolute Gasteiger partial charge is 0.305 e. The van der Waals surface area contributed by atoms with Gasteiger partial charge in [0.2, 0.25) is 5.91 Å². The first-order chi connectivity index (χ1) is 35.2. The first-order valence-electron chi connectivity index (χ1n) is 29.6. The summed E-state index contributed by atoms with van der Waals surface area (Å²) in [6.07, 6.45) is 54.8. The summed E-state index contributed by atoms with van der Waals surface area (Å²) in [5.41, 5.74) is 0. The van der Waals surface area contributed by atoms with Crippen LogP contribution < -0.4 is 5.32 Å². The van der Waals surface area contributed by atoms with Crippen LogP contribution in [0.25, 0.3) is 0 Å². The lowest BCUT2D eigenvalue weighted by molar-refractivity contribution is -0.302. The topological polar surface area (TPSA) is 175 Å². The van der Waals surface area contributed by atoms with Gasteiger partial charge < -0.3 is 45.1 Å². The Morgan fingerprint density at radius 3 is 1.51 bits per heavy atom. The molecular formula is C61H109NO10. The van der Waals surface area contributed by atoms with E-state index >= 15 is 0 Å². The predicted molar refractivity (Wildman–Crippen MR) is 296 cm³/mol. The van der Waals surface area contributed by atoms with E-state index in [1.54, 1.807) is 6.08 Å². The van der Waals surface area contributed by atoms with Gasteiger partial charge in [-0.3, -0.25) is 9.59 Å². The van der Waals surface area contributed by atoms with E-state index in [-0.39, 0.29) is 18.5 Å². The minimum atomic E-state index is -1.58. The molecule has 418 valence electrons. The molecule has 11 nitrogen and oxygen atoms in total. The summed E-state index contributed by atoms with van der Waals surface area (Å²) >= 11 is 0. The van der Waals surface area contributed by atoms with Crippen LogP contribution in [0.15, 0.2) is 60.8 Å². The van der Waals surface area contributed by atoms with Crippen LogP contribution in [0, 0.1) is 0 Å². The van der Waals surface area contributed by atoms with E-state index in [1.165, 1.54) is 135 Å². The normalized spacial score (nSPS) is 19.5. The molecule has 1 heterocycles. The van der Waals surface area contributed by atoms with E-state index in [9.17, 15) is 35.1 Å². The molecule has 1 amide bonds. The molecule has 0 aliphatic carbocycles. The average Bonchev–Trinajstić information content (AvgIpc) is 3.38. The molecule has 1 fully saturated rings. The minimum absolute atomic E-state index is 0.0193. The van der Waals surface area contributed by atoms with Crippen LogP contribution >= 0.6 is 0 Å². The van der Waals surface area contributed by atoms with E-state index in [0.29, 0.717) is 19.4 Å². The number of hydrogen-bond donors (Lipinski definition) is 6. The van der Waals surface area contributed by atoms with Crippen LogP contribution in [0.5, 0.6) is 0 Å². The predicted octanol–water partition coefficient (Wildman–Crippen LogP) is 13.4. The Bertz CT molecular complexity index is 1380. The Hall–Kier alpha value is -2.64. The van der Waals surface area contributed by atoms with Crippen molar-refractivity contribution in [3.05, 3.63) is 60.8 Å². The quantitative estimate of drug-likeness (QED) is 0.0195. The molecule has 1 aliphatic heterocycles. The van der Waals surface area contributed by atoms with Gasteiger partial charge in [-0.25, -0.2) is 0 Å². The van der Waals surface area contributed by atoms with Gasteiger partial charge >= 0.3 is 5.97 Å². The number of amides is 1. The Morgan fingerprint density at radius 2 is 0.972 bits per heavy atom. The summed E-state index contributed by atoms with van der Waals surface area (Å²) in [6, 6.07) is -0.832. The van der Waals surface area contributed by atoms with Crippen LogP contribution in [0.3, 0.4) is 0 Å². The van der Waals surface area contributed by atoms with Crippen molar-refractivity contribution in [2.45, 2.75) is 294 Å². The van der Waals surface area contributed by atoms with Gasteiger partial charge in [0.1, 0.15) is 24.4 Å². The Balaban J connectivity index is 2.03. The summed E-state index contributed by atoms with van der Waals surface area (Å²) in [5.74, 6) is -0.222. The second kappa shape index (κ2) is 50.5. The van der Waals surface area contributed by atoms with Gasteiger partial charge in [0.15, 0.2) is 6.29 Å². The number of hydrogen-bond acceptors (Lipinski definition) is 10. The van der Waals surface area contributed by atoms with Crippen molar-refractivity contribution in [1.29, 1.82) is 0 Å². The van der Waals surface area contributed by atoms with E-state index in [4.69, 9.17) is 14.2 Å². The summed E-state index contributed by atoms with van der Waals surface area (Å²) in [5, 5.41) is 54.1. The van der Waals surface area contributed by atoms with E-state index < -0.39 is 49.5 Å². The van der Waals surface area contributed by atoms with Gasteiger partial charge in [-0.15, -0.1) is 0 Å². The highest BCUT2D eigenvalue weighted by atomic mass is 16.7. The zero-order valence-electron chi connectivity index (χ0n) is 45.9. The van der Waals surface area contributed by atoms with Crippen LogP contribution in [0.1, 0.15) is 251 Å². The lowest BCUT2D eigenvalue weighted by Crippen LogP contribution is -2.60. The highest BCUT2D eigenvalue weighted by Gasteiger charge is 2.44. The molecule has 0 aromatic rings. The fourth-order valence-electron chi connectivity index (χ4n) is 8.83. The minimum Gasteiger partial charge on any atom is -0.466 e. The Morgan fingerprint density at radius 1 is 0.514 bits per heavy atom. The standard InChI is InChI=1S/C61H109NO10/c1-3-5-7-9-11-13-14-25-29-33-37-41-45-49-57(66)70-50-46-42-38-34-30-27-24-22-20-18-16-15-17-19-21-23-26-28-32-36-40-44-48-56(65)62-53(54(64)47-43-39-35-31-12-10-8-6-4-2)52-71-61-60(69)59(68)58(67)55(51-63)72-61/h7,9,12-14,17,19,31,43,47,53-55,58-61,63-64,67-69H,3-6,8,10-11,15-16,18,20-30,32-42,44-46,48-52H2,1-2H3,(H,62,65)/b9-7-,14-13-,19-17-,31-12+,47-43+. The maximum Gasteiger partial charge on any atom is 0.305 e. The summed E-state index contributed by atoms with van der Waals surface area (Å²) < 4.78 is 16.6. The molecule has 0 spiro atoms. The number of rotatable bonds is 50. The fraction of sp³-hybridized carbons (Fsp3) is 0.803. The van der Waals surface area contributed by atoms with Crippen LogP contribution in [-0.2, 0) is 23.8 Å². The van der Waals surface area contributed by atoms with E-state index in [1.807, 2.05) is 6.08 Å². The van der Waals surface area contributed by atoms with Gasteiger partial charge in [-0.2, -0.15) is 0 Å². The molecule has 0 radical (unpaired) electrons. The van der Waals surface area contributed by atoms with Crippen molar-refractivity contribution < 1.29 is 49.3 Å². The van der Waals surface area contributed by atoms with Crippen molar-refractivity contribution in [2.24, 2.45) is 0 Å². The average molecular weight is 1020 g/mol. The number of nitrogens with one attached hydrogen (secondary N) is 1. The van der Waals surface area contributed by atoms with Crippen molar-refractivity contribution in [3.63, 3.8) is 0 Å². The highest BCUT2D eigenvalue weighted by molar-refractivity contribution is 5.76. The number of ether oxygens (including phenoxy) is 3. The summed E-state index contributed by atoms with van der Waals surface area (Å²) in [6.45, 7) is 4.19. The maximum absolute atomic E-state index is 13.0. The van der Waals surface area contributed by atoms with Crippen molar-refractivity contribution in [3.8, 4) is 0 Å². The van der Waals surface area contributed by atoms with Crippen LogP contribution in [0.2, 0.25) is 0 Å². The number of carbonyl (C=O) groups is 2. The Labute approximate surface area is 439 Å². The first-order valence-corrected chi connectivity index (χ1v) is 29.6. The molecule has 7 atom stereocenters. The molecule has 0 bridgehead atoms. The second-order valence-electron chi connectivity index (χ2n) is 20.3. The fourth-order valence-corrected chi connectivity index (χ4v) is 8.83. The molecule has 72 heavy (non-hydrogen) atoms. The number of unbranched alkanes of at least 4 members (excludes halogenated alkanes) is 28. The molecule has 0 aromatic heterocycles. The number of aliphatic hydroxyl groups excluding tert-OH is 5. The zero-order chi connectivity index (χ0) is 52.4. The molecule has 0 saturated carbocycles. The SMILES string of the molecule is CCC/C=C\C/C=C\CCCCCCCC(=O)OCCCCCCCCCCCCC/C=C\CCCCCCCCCC(=O)NC(COC1OC(CO)C(O)C(O)C1O)C(O)/C=C/CC/C=C/CCCCC. The summed E-state index contributed by atoms with van der Waals surface area (Å²) in [7, 11) is 0. The van der Waals surface area contributed by atoms with Gasteiger partial charge in [-0.1, -0.05) is 203 Å². The number of allylic oxidation sites excluding steroid dienone is 9.